The molecule has 1 atom stereocenters. The molecule has 4 amide bonds. The van der Waals surface area contributed by atoms with E-state index in [1.807, 2.05) is 13.8 Å². The number of rotatable bonds is 4. The zero-order valence-corrected chi connectivity index (χ0v) is 13.1. The van der Waals surface area contributed by atoms with Gasteiger partial charge in [0, 0.05) is 6.04 Å². The lowest BCUT2D eigenvalue weighted by Crippen LogP contribution is -2.50. The highest BCUT2D eigenvalue weighted by Crippen LogP contribution is 2.36. The molecule has 118 valence electrons. The predicted molar refractivity (Wildman–Crippen MR) is 78.5 cm³/mol. The van der Waals surface area contributed by atoms with Gasteiger partial charge in [0.25, 0.3) is 5.91 Å². The van der Waals surface area contributed by atoms with Crippen LogP contribution in [0.25, 0.3) is 0 Å². The molecule has 21 heavy (non-hydrogen) atoms. The molecule has 1 aliphatic carbocycles. The Morgan fingerprint density at radius 2 is 2.05 bits per heavy atom. The van der Waals surface area contributed by atoms with E-state index >= 15 is 0 Å². The molecule has 6 nitrogen and oxygen atoms in total. The number of nitrogens with zero attached hydrogens (tertiary/aromatic N) is 1. The fourth-order valence-electron chi connectivity index (χ4n) is 2.98. The molecule has 2 aliphatic rings. The zero-order chi connectivity index (χ0) is 15.6. The molecule has 1 aliphatic heterocycles. The first-order valence-electron chi connectivity index (χ1n) is 7.81. The van der Waals surface area contributed by atoms with Gasteiger partial charge < -0.3 is 10.6 Å². The largest absolute Gasteiger partial charge is 0.352 e. The molecule has 2 fully saturated rings. The summed E-state index contributed by atoms with van der Waals surface area (Å²) in [5, 5.41) is 5.60. The van der Waals surface area contributed by atoms with Crippen molar-refractivity contribution in [1.82, 2.24) is 15.5 Å². The van der Waals surface area contributed by atoms with Gasteiger partial charge in [0.2, 0.25) is 5.91 Å². The van der Waals surface area contributed by atoms with Gasteiger partial charge >= 0.3 is 6.03 Å². The van der Waals surface area contributed by atoms with Crippen LogP contribution in [-0.2, 0) is 9.59 Å². The second-order valence-corrected chi connectivity index (χ2v) is 6.46. The molecule has 0 radical (unpaired) electrons. The zero-order valence-electron chi connectivity index (χ0n) is 13.1. The van der Waals surface area contributed by atoms with Gasteiger partial charge in [-0.1, -0.05) is 13.8 Å². The van der Waals surface area contributed by atoms with Crippen molar-refractivity contribution in [2.45, 2.75) is 64.5 Å². The molecule has 1 spiro atoms. The number of amides is 4. The normalized spacial score (nSPS) is 30.4. The van der Waals surface area contributed by atoms with E-state index in [0.717, 1.165) is 24.2 Å². The van der Waals surface area contributed by atoms with E-state index in [-0.39, 0.29) is 24.4 Å². The minimum Gasteiger partial charge on any atom is -0.352 e. The molecule has 0 aromatic heterocycles. The highest BCUT2D eigenvalue weighted by Gasteiger charge is 2.52. The van der Waals surface area contributed by atoms with E-state index in [9.17, 15) is 14.4 Å². The van der Waals surface area contributed by atoms with Crippen molar-refractivity contribution in [1.29, 1.82) is 0 Å². The van der Waals surface area contributed by atoms with Gasteiger partial charge in [-0.15, -0.1) is 0 Å². The van der Waals surface area contributed by atoms with Crippen LogP contribution in [0.3, 0.4) is 0 Å². The number of carbonyl (C=O) groups excluding carboxylic acids is 3. The van der Waals surface area contributed by atoms with E-state index in [2.05, 4.69) is 17.6 Å². The van der Waals surface area contributed by atoms with Crippen LogP contribution in [0.2, 0.25) is 0 Å². The van der Waals surface area contributed by atoms with Crippen LogP contribution in [-0.4, -0.2) is 40.9 Å². The lowest BCUT2D eigenvalue weighted by Gasteiger charge is -2.33. The summed E-state index contributed by atoms with van der Waals surface area (Å²) in [6.45, 7) is 5.84. The third kappa shape index (κ3) is 3.19. The summed E-state index contributed by atoms with van der Waals surface area (Å²) < 4.78 is 0. The average molecular weight is 295 g/mol. The molecule has 0 unspecified atom stereocenters. The SMILES string of the molecule is CC[C@H](C)NC(=O)CN1C(=O)NC2(CCC(C)CC2)C1=O. The van der Waals surface area contributed by atoms with Crippen molar-refractivity contribution < 1.29 is 14.4 Å². The summed E-state index contributed by atoms with van der Waals surface area (Å²) in [5.41, 5.74) is -0.764. The summed E-state index contributed by atoms with van der Waals surface area (Å²) >= 11 is 0. The molecule has 0 aromatic carbocycles. The van der Waals surface area contributed by atoms with Crippen LogP contribution in [0.5, 0.6) is 0 Å². The van der Waals surface area contributed by atoms with Gasteiger partial charge in [-0.25, -0.2) is 4.79 Å². The third-order valence-electron chi connectivity index (χ3n) is 4.70. The fourth-order valence-corrected chi connectivity index (χ4v) is 2.98. The Kier molecular flexibility index (Phi) is 4.54. The first-order valence-corrected chi connectivity index (χ1v) is 7.81. The van der Waals surface area contributed by atoms with Gasteiger partial charge in [0.05, 0.1) is 0 Å². The van der Waals surface area contributed by atoms with Gasteiger partial charge in [-0.05, 0) is 44.9 Å². The Labute approximate surface area is 125 Å². The summed E-state index contributed by atoms with van der Waals surface area (Å²) in [6, 6.07) is -0.392. The number of nitrogens with one attached hydrogen (secondary N) is 2. The molecular weight excluding hydrogens is 270 g/mol. The van der Waals surface area contributed by atoms with Gasteiger partial charge in [-0.3, -0.25) is 14.5 Å². The molecule has 1 saturated heterocycles. The molecule has 1 saturated carbocycles. The van der Waals surface area contributed by atoms with Gasteiger partial charge in [0.1, 0.15) is 12.1 Å². The molecular formula is C15H25N3O3. The average Bonchev–Trinajstić information content (AvgIpc) is 2.67. The maximum Gasteiger partial charge on any atom is 0.325 e. The smallest absolute Gasteiger partial charge is 0.325 e. The van der Waals surface area contributed by atoms with Crippen molar-refractivity contribution >= 4 is 17.8 Å². The number of hydrogen-bond acceptors (Lipinski definition) is 3. The summed E-state index contributed by atoms with van der Waals surface area (Å²) in [4.78, 5) is 37.6. The van der Waals surface area contributed by atoms with E-state index in [1.54, 1.807) is 0 Å². The number of imide groups is 1. The van der Waals surface area contributed by atoms with Crippen molar-refractivity contribution in [3.63, 3.8) is 0 Å². The lowest BCUT2D eigenvalue weighted by atomic mass is 9.77. The van der Waals surface area contributed by atoms with E-state index in [1.165, 1.54) is 0 Å². The Hall–Kier alpha value is -1.59. The van der Waals surface area contributed by atoms with E-state index in [4.69, 9.17) is 0 Å². The van der Waals surface area contributed by atoms with Crippen LogP contribution in [0.4, 0.5) is 4.79 Å². The van der Waals surface area contributed by atoms with Gasteiger partial charge in [-0.2, -0.15) is 0 Å². The Balaban J connectivity index is 2.00. The Bertz CT molecular complexity index is 441. The molecule has 2 rings (SSSR count). The standard InChI is InChI=1S/C15H25N3O3/c1-4-11(3)16-12(19)9-18-13(20)15(17-14(18)21)7-5-10(2)6-8-15/h10-11H,4-9H2,1-3H3,(H,16,19)(H,17,21)/t10?,11-,15?/m0/s1. The van der Waals surface area contributed by atoms with Crippen LogP contribution >= 0.6 is 0 Å². The molecule has 0 aromatic rings. The fraction of sp³-hybridized carbons (Fsp3) is 0.800. The molecule has 1 heterocycles. The van der Waals surface area contributed by atoms with Crippen LogP contribution < -0.4 is 10.6 Å². The number of urea groups is 1. The van der Waals surface area contributed by atoms with E-state index in [0.29, 0.717) is 18.8 Å². The Morgan fingerprint density at radius 3 is 2.62 bits per heavy atom. The highest BCUT2D eigenvalue weighted by molar-refractivity contribution is 6.09. The van der Waals surface area contributed by atoms with Crippen molar-refractivity contribution in [3.05, 3.63) is 0 Å². The van der Waals surface area contributed by atoms with Crippen molar-refractivity contribution in [3.8, 4) is 0 Å². The highest BCUT2D eigenvalue weighted by atomic mass is 16.2. The topological polar surface area (TPSA) is 78.5 Å². The monoisotopic (exact) mass is 295 g/mol. The van der Waals surface area contributed by atoms with Crippen molar-refractivity contribution in [2.75, 3.05) is 6.54 Å². The summed E-state index contributed by atoms with van der Waals surface area (Å²) in [6.07, 6.45) is 4.01. The van der Waals surface area contributed by atoms with Crippen LogP contribution in [0, 0.1) is 5.92 Å². The van der Waals surface area contributed by atoms with Crippen molar-refractivity contribution in [2.24, 2.45) is 5.92 Å². The van der Waals surface area contributed by atoms with Crippen LogP contribution in [0.15, 0.2) is 0 Å². The molecule has 0 bridgehead atoms. The van der Waals surface area contributed by atoms with Gasteiger partial charge in [0.15, 0.2) is 0 Å². The minimum atomic E-state index is -0.764. The lowest BCUT2D eigenvalue weighted by molar-refractivity contribution is -0.136. The second kappa shape index (κ2) is 6.03. The Morgan fingerprint density at radius 1 is 1.43 bits per heavy atom. The van der Waals surface area contributed by atoms with E-state index < -0.39 is 11.6 Å². The number of carbonyl (C=O) groups is 3. The third-order valence-corrected chi connectivity index (χ3v) is 4.70. The van der Waals surface area contributed by atoms with Crippen LogP contribution in [0.1, 0.15) is 52.9 Å². The predicted octanol–water partition coefficient (Wildman–Crippen LogP) is 1.40. The minimum absolute atomic E-state index is 0.0442. The summed E-state index contributed by atoms with van der Waals surface area (Å²) in [5.74, 6) is 0.0656. The maximum absolute atomic E-state index is 12.6. The molecule has 2 N–H and O–H groups in total. The first kappa shape index (κ1) is 15.8. The molecule has 6 heteroatoms. The maximum atomic E-state index is 12.6. The quantitative estimate of drug-likeness (QED) is 0.770. The first-order chi connectivity index (χ1) is 9.88. The number of hydrogen-bond donors (Lipinski definition) is 2. The second-order valence-electron chi connectivity index (χ2n) is 6.46. The summed E-state index contributed by atoms with van der Waals surface area (Å²) in [7, 11) is 0.